The first-order valence-corrected chi connectivity index (χ1v) is 7.37. The van der Waals surface area contributed by atoms with E-state index in [4.69, 9.17) is 0 Å². The summed E-state index contributed by atoms with van der Waals surface area (Å²) < 4.78 is 4.01. The van der Waals surface area contributed by atoms with E-state index in [9.17, 15) is 0 Å². The number of halogens is 2. The van der Waals surface area contributed by atoms with Crippen LogP contribution in [0, 0.1) is 0 Å². The minimum absolute atomic E-state index is 0.874. The van der Waals surface area contributed by atoms with Gasteiger partial charge in [-0.05, 0) is 55.6 Å². The minimum Gasteiger partial charge on any atom is -0.312 e. The fraction of sp³-hybridized carbons (Fsp3) is 0.308. The quantitative estimate of drug-likeness (QED) is 0.816. The molecule has 1 heterocycles. The fourth-order valence-electron chi connectivity index (χ4n) is 1.70. The number of nitrogens with one attached hydrogen (secondary N) is 1. The topological polar surface area (TPSA) is 29.9 Å². The first-order valence-electron chi connectivity index (χ1n) is 5.78. The van der Waals surface area contributed by atoms with Crippen molar-refractivity contribution in [1.29, 1.82) is 0 Å². The van der Waals surface area contributed by atoms with Gasteiger partial charge in [0.25, 0.3) is 0 Å². The van der Waals surface area contributed by atoms with Gasteiger partial charge in [-0.1, -0.05) is 6.07 Å². The van der Waals surface area contributed by atoms with E-state index in [1.54, 1.807) is 0 Å². The van der Waals surface area contributed by atoms with E-state index >= 15 is 0 Å². The summed E-state index contributed by atoms with van der Waals surface area (Å²) in [4.78, 5) is 0. The van der Waals surface area contributed by atoms with Crippen molar-refractivity contribution >= 4 is 31.9 Å². The maximum atomic E-state index is 4.34. The Labute approximate surface area is 124 Å². The molecule has 0 saturated heterocycles. The van der Waals surface area contributed by atoms with Gasteiger partial charge in [0, 0.05) is 41.7 Å². The number of aromatic nitrogens is 2. The summed E-state index contributed by atoms with van der Waals surface area (Å²) in [5.41, 5.74) is 2.40. The van der Waals surface area contributed by atoms with Gasteiger partial charge in [0.2, 0.25) is 0 Å². The molecule has 0 radical (unpaired) electrons. The number of hydrogen-bond donors (Lipinski definition) is 1. The van der Waals surface area contributed by atoms with Crippen molar-refractivity contribution in [3.8, 4) is 0 Å². The summed E-state index contributed by atoms with van der Waals surface area (Å²) in [5, 5.41) is 7.76. The van der Waals surface area contributed by atoms with Crippen LogP contribution in [-0.4, -0.2) is 16.3 Å². The summed E-state index contributed by atoms with van der Waals surface area (Å²) >= 11 is 6.97. The van der Waals surface area contributed by atoms with Crippen LogP contribution in [0.2, 0.25) is 0 Å². The molecule has 96 valence electrons. The Morgan fingerprint density at radius 1 is 1.22 bits per heavy atom. The van der Waals surface area contributed by atoms with Crippen LogP contribution < -0.4 is 5.32 Å². The zero-order chi connectivity index (χ0) is 13.0. The van der Waals surface area contributed by atoms with Crippen molar-refractivity contribution in [1.82, 2.24) is 15.1 Å². The molecule has 0 saturated carbocycles. The van der Waals surface area contributed by atoms with E-state index in [-0.39, 0.29) is 0 Å². The number of hydrogen-bond acceptors (Lipinski definition) is 2. The second-order valence-corrected chi connectivity index (χ2v) is 5.86. The average molecular weight is 373 g/mol. The fourth-order valence-corrected chi connectivity index (χ4v) is 2.37. The molecule has 0 fully saturated rings. The Kier molecular flexibility index (Phi) is 4.97. The molecule has 5 heteroatoms. The summed E-state index contributed by atoms with van der Waals surface area (Å²) in [7, 11) is 1.94. The Morgan fingerprint density at radius 3 is 2.72 bits per heavy atom. The van der Waals surface area contributed by atoms with Crippen LogP contribution in [0.1, 0.15) is 11.3 Å². The molecular weight excluding hydrogens is 358 g/mol. The molecule has 18 heavy (non-hydrogen) atoms. The third kappa shape index (κ3) is 3.93. The van der Waals surface area contributed by atoms with E-state index in [2.05, 4.69) is 66.5 Å². The molecular formula is C13H15Br2N3. The Morgan fingerprint density at radius 2 is 2.06 bits per heavy atom. The lowest BCUT2D eigenvalue weighted by atomic mass is 10.2. The maximum Gasteiger partial charge on any atom is 0.0637 e. The Bertz CT molecular complexity index is 523. The highest BCUT2D eigenvalue weighted by Gasteiger charge is 1.99. The third-order valence-electron chi connectivity index (χ3n) is 2.64. The normalized spacial score (nSPS) is 10.8. The van der Waals surface area contributed by atoms with Crippen LogP contribution >= 0.6 is 31.9 Å². The number of rotatable bonds is 5. The van der Waals surface area contributed by atoms with Crippen LogP contribution in [0.3, 0.4) is 0 Å². The molecule has 2 rings (SSSR count). The molecule has 1 aromatic heterocycles. The van der Waals surface area contributed by atoms with Gasteiger partial charge in [0.05, 0.1) is 5.69 Å². The number of nitrogens with zero attached hydrogens (tertiary/aromatic N) is 2. The molecule has 0 unspecified atom stereocenters. The summed E-state index contributed by atoms with van der Waals surface area (Å²) in [6.07, 6.45) is 2.93. The van der Waals surface area contributed by atoms with Gasteiger partial charge >= 0.3 is 0 Å². The van der Waals surface area contributed by atoms with Gasteiger partial charge in [-0.25, -0.2) is 0 Å². The molecule has 3 nitrogen and oxygen atoms in total. The summed E-state index contributed by atoms with van der Waals surface area (Å²) in [6.45, 7) is 1.81. The summed E-state index contributed by atoms with van der Waals surface area (Å²) in [6, 6.07) is 8.35. The first-order chi connectivity index (χ1) is 8.65. The van der Waals surface area contributed by atoms with Gasteiger partial charge in [-0.15, -0.1) is 0 Å². The zero-order valence-corrected chi connectivity index (χ0v) is 13.3. The highest BCUT2D eigenvalue weighted by atomic mass is 79.9. The first kappa shape index (κ1) is 13.8. The molecule has 0 atom stereocenters. The van der Waals surface area contributed by atoms with E-state index in [1.165, 1.54) is 5.56 Å². The van der Waals surface area contributed by atoms with Gasteiger partial charge in [0.15, 0.2) is 0 Å². The lowest BCUT2D eigenvalue weighted by molar-refractivity contribution is 0.665. The van der Waals surface area contributed by atoms with E-state index < -0.39 is 0 Å². The van der Waals surface area contributed by atoms with Crippen molar-refractivity contribution in [2.45, 2.75) is 13.0 Å². The van der Waals surface area contributed by atoms with Crippen molar-refractivity contribution in [3.63, 3.8) is 0 Å². The number of aryl methyl sites for hydroxylation is 1. The smallest absolute Gasteiger partial charge is 0.0637 e. The van der Waals surface area contributed by atoms with Crippen molar-refractivity contribution in [3.05, 3.63) is 50.7 Å². The van der Waals surface area contributed by atoms with E-state index in [0.29, 0.717) is 0 Å². The summed E-state index contributed by atoms with van der Waals surface area (Å²) in [5.74, 6) is 0. The van der Waals surface area contributed by atoms with Gasteiger partial charge < -0.3 is 5.32 Å². The predicted molar refractivity (Wildman–Crippen MR) is 80.5 cm³/mol. The van der Waals surface area contributed by atoms with Gasteiger partial charge in [-0.2, -0.15) is 5.10 Å². The molecule has 0 aliphatic heterocycles. The molecule has 0 amide bonds. The Balaban J connectivity index is 1.76. The Hall–Kier alpha value is -0.650. The molecule has 1 aromatic carbocycles. The lowest BCUT2D eigenvalue weighted by Crippen LogP contribution is -2.17. The highest BCUT2D eigenvalue weighted by molar-refractivity contribution is 9.13. The van der Waals surface area contributed by atoms with Crippen molar-refractivity contribution in [2.24, 2.45) is 7.05 Å². The molecule has 0 bridgehead atoms. The van der Waals surface area contributed by atoms with E-state index in [1.807, 2.05) is 17.9 Å². The van der Waals surface area contributed by atoms with Crippen LogP contribution in [0.25, 0.3) is 0 Å². The van der Waals surface area contributed by atoms with Crippen LogP contribution in [-0.2, 0) is 20.0 Å². The van der Waals surface area contributed by atoms with Crippen LogP contribution in [0.4, 0.5) is 0 Å². The van der Waals surface area contributed by atoms with Gasteiger partial charge in [0.1, 0.15) is 0 Å². The minimum atomic E-state index is 0.874. The molecule has 0 aliphatic rings. The maximum absolute atomic E-state index is 4.34. The second kappa shape index (κ2) is 6.50. The van der Waals surface area contributed by atoms with Crippen LogP contribution in [0.15, 0.2) is 39.4 Å². The zero-order valence-electron chi connectivity index (χ0n) is 10.2. The van der Waals surface area contributed by atoms with Crippen molar-refractivity contribution in [2.75, 3.05) is 6.54 Å². The molecule has 1 N–H and O–H groups in total. The average Bonchev–Trinajstić information content (AvgIpc) is 2.75. The molecule has 2 aromatic rings. The number of benzene rings is 1. The standard InChI is InChI=1S/C13H15Br2N3/c1-18-7-5-11(17-18)4-6-16-9-10-2-3-12(14)13(15)8-10/h2-3,5,7-8,16H,4,6,9H2,1H3. The SMILES string of the molecule is Cn1ccc(CCNCc2ccc(Br)c(Br)c2)n1. The largest absolute Gasteiger partial charge is 0.312 e. The molecule has 0 aliphatic carbocycles. The third-order valence-corrected chi connectivity index (χ3v) is 4.52. The van der Waals surface area contributed by atoms with Crippen LogP contribution in [0.5, 0.6) is 0 Å². The van der Waals surface area contributed by atoms with E-state index in [0.717, 1.165) is 34.1 Å². The monoisotopic (exact) mass is 371 g/mol. The highest BCUT2D eigenvalue weighted by Crippen LogP contribution is 2.23. The second-order valence-electron chi connectivity index (χ2n) is 4.16. The van der Waals surface area contributed by atoms with Gasteiger partial charge in [-0.3, -0.25) is 4.68 Å². The lowest BCUT2D eigenvalue weighted by Gasteiger charge is -2.05. The predicted octanol–water partition coefficient (Wildman–Crippen LogP) is 3.28. The van der Waals surface area contributed by atoms with Crippen molar-refractivity contribution < 1.29 is 0 Å². The molecule has 0 spiro atoms.